The second kappa shape index (κ2) is 12.0. The Balaban J connectivity index is 1.85. The molecule has 0 bridgehead atoms. The molecule has 0 aliphatic carbocycles. The molecule has 37 heavy (non-hydrogen) atoms. The third-order valence-corrected chi connectivity index (χ3v) is 6.87. The van der Waals surface area contributed by atoms with Crippen LogP contribution in [0.2, 0.25) is 0 Å². The van der Waals surface area contributed by atoms with Gasteiger partial charge in [0.15, 0.2) is 0 Å². The van der Waals surface area contributed by atoms with Crippen LogP contribution < -0.4 is 23.9 Å². The molecule has 0 aromatic heterocycles. The Morgan fingerprint density at radius 1 is 0.946 bits per heavy atom. The van der Waals surface area contributed by atoms with Gasteiger partial charge in [0.1, 0.15) is 23.8 Å². The van der Waals surface area contributed by atoms with Crippen molar-refractivity contribution in [3.8, 4) is 17.2 Å². The average molecular weight is 526 g/mol. The maximum absolute atomic E-state index is 13.6. The fourth-order valence-electron chi connectivity index (χ4n) is 3.26. The number of carbonyl (C=O) groups is 2. The predicted molar refractivity (Wildman–Crippen MR) is 139 cm³/mol. The first-order chi connectivity index (χ1) is 17.6. The number of hydrazone groups is 1. The molecular formula is C26H27N3O7S. The molecule has 0 radical (unpaired) electrons. The summed E-state index contributed by atoms with van der Waals surface area (Å²) in [5.41, 5.74) is 4.01. The highest BCUT2D eigenvalue weighted by molar-refractivity contribution is 7.92. The number of hydrogen-bond donors (Lipinski definition) is 1. The van der Waals surface area contributed by atoms with Gasteiger partial charge in [-0.1, -0.05) is 17.7 Å². The Hall–Kier alpha value is -4.38. The molecule has 10 nitrogen and oxygen atoms in total. The number of nitrogens with one attached hydrogen (secondary N) is 1. The Morgan fingerprint density at radius 2 is 1.59 bits per heavy atom. The van der Waals surface area contributed by atoms with E-state index in [1.165, 1.54) is 51.6 Å². The molecule has 0 spiro atoms. The van der Waals surface area contributed by atoms with Crippen LogP contribution in [0.1, 0.15) is 18.1 Å². The highest BCUT2D eigenvalue weighted by atomic mass is 32.2. The lowest BCUT2D eigenvalue weighted by Crippen LogP contribution is -2.39. The summed E-state index contributed by atoms with van der Waals surface area (Å²) in [6, 6.07) is 17.4. The minimum absolute atomic E-state index is 0.0140. The average Bonchev–Trinajstić information content (AvgIpc) is 2.88. The van der Waals surface area contributed by atoms with Crippen molar-refractivity contribution >= 4 is 33.8 Å². The molecule has 0 fully saturated rings. The summed E-state index contributed by atoms with van der Waals surface area (Å²) >= 11 is 0. The van der Waals surface area contributed by atoms with Crippen LogP contribution in [0.5, 0.6) is 17.2 Å². The lowest BCUT2D eigenvalue weighted by molar-refractivity contribution is -0.131. The zero-order valence-corrected chi connectivity index (χ0v) is 21.6. The van der Waals surface area contributed by atoms with Crippen LogP contribution in [0.25, 0.3) is 0 Å². The summed E-state index contributed by atoms with van der Waals surface area (Å²) in [6.45, 7) is 2.58. The van der Waals surface area contributed by atoms with Crippen LogP contribution >= 0.6 is 0 Å². The smallest absolute Gasteiger partial charge is 0.308 e. The Morgan fingerprint density at radius 3 is 2.19 bits per heavy atom. The molecule has 1 N–H and O–H groups in total. The number of carbonyl (C=O) groups excluding carboxylic acids is 2. The maximum atomic E-state index is 13.6. The monoisotopic (exact) mass is 525 g/mol. The molecule has 194 valence electrons. The van der Waals surface area contributed by atoms with E-state index in [4.69, 9.17) is 14.2 Å². The zero-order valence-electron chi connectivity index (χ0n) is 20.8. The number of benzene rings is 3. The largest absolute Gasteiger partial charge is 0.497 e. The summed E-state index contributed by atoms with van der Waals surface area (Å²) in [4.78, 5) is 23.8. The van der Waals surface area contributed by atoms with Gasteiger partial charge >= 0.3 is 5.97 Å². The van der Waals surface area contributed by atoms with E-state index in [0.717, 1.165) is 9.87 Å². The normalized spacial score (nSPS) is 11.1. The summed E-state index contributed by atoms with van der Waals surface area (Å²) in [6.07, 6.45) is 1.38. The predicted octanol–water partition coefficient (Wildman–Crippen LogP) is 3.28. The van der Waals surface area contributed by atoms with Crippen LogP contribution in [0, 0.1) is 6.92 Å². The second-order valence-corrected chi connectivity index (χ2v) is 9.68. The number of esters is 1. The fraction of sp³-hybridized carbons (Fsp3) is 0.192. The quantitative estimate of drug-likeness (QED) is 0.186. The molecule has 0 unspecified atom stereocenters. The van der Waals surface area contributed by atoms with Gasteiger partial charge in [-0.25, -0.2) is 13.8 Å². The van der Waals surface area contributed by atoms with E-state index in [9.17, 15) is 18.0 Å². The van der Waals surface area contributed by atoms with E-state index in [2.05, 4.69) is 10.5 Å². The molecule has 0 aliphatic heterocycles. The van der Waals surface area contributed by atoms with E-state index >= 15 is 0 Å². The van der Waals surface area contributed by atoms with Crippen molar-refractivity contribution in [1.82, 2.24) is 5.43 Å². The summed E-state index contributed by atoms with van der Waals surface area (Å²) in [5, 5.41) is 3.91. The number of hydrogen-bond acceptors (Lipinski definition) is 8. The third-order valence-electron chi connectivity index (χ3n) is 5.10. The molecule has 3 rings (SSSR count). The topological polar surface area (TPSA) is 124 Å². The Kier molecular flexibility index (Phi) is 8.86. The number of aryl methyl sites for hydroxylation is 1. The SMILES string of the molecule is COc1ccc(N(CC(=O)N/N=C\c2ccc(OC(C)=O)cc2)S(=O)(=O)c2ccc(C)cc2)c(OC)c1. The molecule has 3 aromatic rings. The highest BCUT2D eigenvalue weighted by Gasteiger charge is 2.29. The molecule has 0 saturated heterocycles. The van der Waals surface area contributed by atoms with E-state index in [1.54, 1.807) is 42.5 Å². The minimum atomic E-state index is -4.15. The van der Waals surface area contributed by atoms with E-state index < -0.39 is 28.4 Å². The molecule has 0 aliphatic rings. The van der Waals surface area contributed by atoms with Crippen LogP contribution in [0.3, 0.4) is 0 Å². The number of nitrogens with zero attached hydrogens (tertiary/aromatic N) is 2. The van der Waals surface area contributed by atoms with Crippen molar-refractivity contribution in [2.24, 2.45) is 5.10 Å². The van der Waals surface area contributed by atoms with Crippen molar-refractivity contribution in [1.29, 1.82) is 0 Å². The molecule has 1 amide bonds. The van der Waals surface area contributed by atoms with Crippen molar-refractivity contribution in [3.05, 3.63) is 77.9 Å². The Labute approximate surface area is 215 Å². The molecule has 11 heteroatoms. The van der Waals surface area contributed by atoms with Gasteiger partial charge in [0.05, 0.1) is 31.0 Å². The van der Waals surface area contributed by atoms with Crippen molar-refractivity contribution < 1.29 is 32.2 Å². The number of anilines is 1. The van der Waals surface area contributed by atoms with Gasteiger partial charge in [0, 0.05) is 13.0 Å². The molecule has 3 aromatic carbocycles. The van der Waals surface area contributed by atoms with Gasteiger partial charge in [0.2, 0.25) is 0 Å². The fourth-order valence-corrected chi connectivity index (χ4v) is 4.69. The standard InChI is InChI=1S/C26H27N3O7S/c1-18-5-12-23(13-6-18)37(32,33)29(24-14-11-22(34-3)15-25(24)35-4)17-26(31)28-27-16-20-7-9-21(10-8-20)36-19(2)30/h5-16H,17H2,1-4H3,(H,28,31)/b27-16-. The van der Waals surface area contributed by atoms with Crippen molar-refractivity contribution in [2.75, 3.05) is 25.1 Å². The van der Waals surface area contributed by atoms with E-state index in [0.29, 0.717) is 17.1 Å². The number of amides is 1. The maximum Gasteiger partial charge on any atom is 0.308 e. The first-order valence-electron chi connectivity index (χ1n) is 11.1. The molecule has 0 atom stereocenters. The first kappa shape index (κ1) is 27.2. The first-order valence-corrected chi connectivity index (χ1v) is 12.5. The second-order valence-electron chi connectivity index (χ2n) is 7.82. The van der Waals surface area contributed by atoms with Gasteiger partial charge in [0.25, 0.3) is 15.9 Å². The van der Waals surface area contributed by atoms with Gasteiger partial charge in [-0.2, -0.15) is 5.10 Å². The lowest BCUT2D eigenvalue weighted by atomic mass is 10.2. The van der Waals surface area contributed by atoms with Gasteiger partial charge in [-0.15, -0.1) is 0 Å². The van der Waals surface area contributed by atoms with Crippen LogP contribution in [-0.2, 0) is 19.6 Å². The number of sulfonamides is 1. The Bertz CT molecular complexity index is 1390. The van der Waals surface area contributed by atoms with Gasteiger partial charge < -0.3 is 14.2 Å². The van der Waals surface area contributed by atoms with Crippen LogP contribution in [0.15, 0.2) is 76.7 Å². The zero-order chi connectivity index (χ0) is 27.0. The van der Waals surface area contributed by atoms with E-state index in [-0.39, 0.29) is 16.3 Å². The lowest BCUT2D eigenvalue weighted by Gasteiger charge is -2.25. The summed E-state index contributed by atoms with van der Waals surface area (Å²) in [5.74, 6) is -0.0750. The van der Waals surface area contributed by atoms with E-state index in [1.807, 2.05) is 6.92 Å². The molecular weight excluding hydrogens is 498 g/mol. The van der Waals surface area contributed by atoms with Crippen LogP contribution in [0.4, 0.5) is 5.69 Å². The highest BCUT2D eigenvalue weighted by Crippen LogP contribution is 2.35. The third kappa shape index (κ3) is 7.07. The number of methoxy groups -OCH3 is 2. The number of ether oxygens (including phenoxy) is 3. The van der Waals surface area contributed by atoms with Crippen molar-refractivity contribution in [2.45, 2.75) is 18.7 Å². The number of rotatable bonds is 10. The van der Waals surface area contributed by atoms with Gasteiger partial charge in [-0.3, -0.25) is 13.9 Å². The van der Waals surface area contributed by atoms with Crippen molar-refractivity contribution in [3.63, 3.8) is 0 Å². The van der Waals surface area contributed by atoms with Crippen LogP contribution in [-0.4, -0.2) is 47.3 Å². The summed E-state index contributed by atoms with van der Waals surface area (Å²) < 4.78 is 43.7. The minimum Gasteiger partial charge on any atom is -0.497 e. The molecule has 0 heterocycles. The van der Waals surface area contributed by atoms with Gasteiger partial charge in [-0.05, 0) is 61.0 Å². The summed E-state index contributed by atoms with van der Waals surface area (Å²) in [7, 11) is -1.28. The molecule has 0 saturated carbocycles.